The van der Waals surface area contributed by atoms with Crippen molar-refractivity contribution in [2.75, 3.05) is 5.32 Å². The second-order valence-corrected chi connectivity index (χ2v) is 4.92. The molecule has 0 atom stereocenters. The van der Waals surface area contributed by atoms with Crippen LogP contribution in [-0.4, -0.2) is 17.9 Å². The molecule has 0 bridgehead atoms. The monoisotopic (exact) mass is 260 g/mol. The summed E-state index contributed by atoms with van der Waals surface area (Å²) in [7, 11) is 0. The van der Waals surface area contributed by atoms with E-state index in [0.717, 1.165) is 5.57 Å². The molecule has 0 saturated heterocycles. The molecule has 0 fully saturated rings. The Labute approximate surface area is 113 Å². The molecular weight excluding hydrogens is 240 g/mol. The summed E-state index contributed by atoms with van der Waals surface area (Å²) >= 11 is 0. The van der Waals surface area contributed by atoms with E-state index in [1.165, 1.54) is 6.08 Å². The Balaban J connectivity index is 2.80. The highest BCUT2D eigenvalue weighted by Crippen LogP contribution is 2.11. The molecule has 0 spiro atoms. The van der Waals surface area contributed by atoms with Crippen molar-refractivity contribution < 1.29 is 9.59 Å². The molecule has 1 aromatic carbocycles. The number of hydrogen-bond donors (Lipinski definition) is 2. The highest BCUT2D eigenvalue weighted by Gasteiger charge is 2.08. The van der Waals surface area contributed by atoms with Gasteiger partial charge >= 0.3 is 0 Å². The molecule has 0 heterocycles. The predicted molar refractivity (Wildman–Crippen MR) is 77.1 cm³/mol. The zero-order valence-electron chi connectivity index (χ0n) is 11.8. The van der Waals surface area contributed by atoms with E-state index in [9.17, 15) is 9.59 Å². The average Bonchev–Trinajstić information content (AvgIpc) is 2.27. The smallest absolute Gasteiger partial charge is 0.251 e. The fraction of sp³-hybridized carbons (Fsp3) is 0.333. The van der Waals surface area contributed by atoms with Crippen LogP contribution >= 0.6 is 0 Å². The lowest BCUT2D eigenvalue weighted by Crippen LogP contribution is -2.30. The van der Waals surface area contributed by atoms with Gasteiger partial charge in [0, 0.05) is 23.4 Å². The third-order valence-electron chi connectivity index (χ3n) is 2.23. The van der Waals surface area contributed by atoms with Gasteiger partial charge in [0.1, 0.15) is 0 Å². The first-order valence-corrected chi connectivity index (χ1v) is 6.25. The first-order valence-electron chi connectivity index (χ1n) is 6.25. The van der Waals surface area contributed by atoms with Gasteiger partial charge < -0.3 is 10.6 Å². The van der Waals surface area contributed by atoms with Crippen molar-refractivity contribution in [1.29, 1.82) is 0 Å². The van der Waals surface area contributed by atoms with Crippen LogP contribution in [0.4, 0.5) is 5.69 Å². The topological polar surface area (TPSA) is 58.2 Å². The molecule has 0 unspecified atom stereocenters. The standard InChI is InChI=1S/C15H20N2O2/c1-10(2)8-14(18)17-13-7-5-6-12(9-13)15(19)16-11(3)4/h5-9,11H,1-4H3,(H,16,19)(H,17,18). The van der Waals surface area contributed by atoms with Crippen molar-refractivity contribution in [3.63, 3.8) is 0 Å². The Kier molecular flexibility index (Phi) is 5.30. The van der Waals surface area contributed by atoms with Crippen LogP contribution in [0.2, 0.25) is 0 Å². The van der Waals surface area contributed by atoms with Gasteiger partial charge in [-0.3, -0.25) is 9.59 Å². The van der Waals surface area contributed by atoms with Crippen LogP contribution in [0.15, 0.2) is 35.9 Å². The van der Waals surface area contributed by atoms with Gasteiger partial charge in [-0.25, -0.2) is 0 Å². The molecule has 0 aliphatic carbocycles. The Hall–Kier alpha value is -2.10. The van der Waals surface area contributed by atoms with Crippen LogP contribution in [0.5, 0.6) is 0 Å². The summed E-state index contributed by atoms with van der Waals surface area (Å²) in [5.74, 6) is -0.338. The third-order valence-corrected chi connectivity index (χ3v) is 2.23. The van der Waals surface area contributed by atoms with Gasteiger partial charge in [-0.1, -0.05) is 11.6 Å². The fourth-order valence-electron chi connectivity index (χ4n) is 1.52. The molecule has 1 rings (SSSR count). The van der Waals surface area contributed by atoms with Crippen LogP contribution in [-0.2, 0) is 4.79 Å². The number of carbonyl (C=O) groups excluding carboxylic acids is 2. The molecule has 4 nitrogen and oxygen atoms in total. The lowest BCUT2D eigenvalue weighted by molar-refractivity contribution is -0.111. The number of benzene rings is 1. The number of nitrogens with one attached hydrogen (secondary N) is 2. The number of amides is 2. The minimum Gasteiger partial charge on any atom is -0.350 e. The average molecular weight is 260 g/mol. The van der Waals surface area contributed by atoms with Crippen LogP contribution in [0.25, 0.3) is 0 Å². The fourth-order valence-corrected chi connectivity index (χ4v) is 1.52. The van der Waals surface area contributed by atoms with Gasteiger partial charge in [0.15, 0.2) is 0 Å². The Morgan fingerprint density at radius 2 is 1.89 bits per heavy atom. The molecule has 1 aromatic rings. The lowest BCUT2D eigenvalue weighted by Gasteiger charge is -2.09. The summed E-state index contributed by atoms with van der Waals surface area (Å²) < 4.78 is 0. The molecule has 0 aromatic heterocycles. The number of anilines is 1. The van der Waals surface area contributed by atoms with Gasteiger partial charge in [0.25, 0.3) is 5.91 Å². The van der Waals surface area contributed by atoms with Gasteiger partial charge in [-0.15, -0.1) is 0 Å². The Morgan fingerprint density at radius 1 is 1.21 bits per heavy atom. The zero-order valence-corrected chi connectivity index (χ0v) is 11.8. The van der Waals surface area contributed by atoms with E-state index in [-0.39, 0.29) is 17.9 Å². The number of rotatable bonds is 4. The van der Waals surface area contributed by atoms with E-state index >= 15 is 0 Å². The minimum atomic E-state index is -0.193. The molecular formula is C15H20N2O2. The number of allylic oxidation sites excluding steroid dienone is 1. The van der Waals surface area contributed by atoms with Crippen LogP contribution < -0.4 is 10.6 Å². The molecule has 0 aliphatic rings. The first kappa shape index (κ1) is 15.0. The number of hydrogen-bond acceptors (Lipinski definition) is 2. The van der Waals surface area contributed by atoms with E-state index in [4.69, 9.17) is 0 Å². The van der Waals surface area contributed by atoms with E-state index in [1.54, 1.807) is 24.3 Å². The lowest BCUT2D eigenvalue weighted by atomic mass is 10.1. The molecule has 0 saturated carbocycles. The van der Waals surface area contributed by atoms with Crippen molar-refractivity contribution in [2.45, 2.75) is 33.7 Å². The summed E-state index contributed by atoms with van der Waals surface area (Å²) in [4.78, 5) is 23.4. The second kappa shape index (κ2) is 6.73. The van der Waals surface area contributed by atoms with E-state index in [0.29, 0.717) is 11.3 Å². The number of carbonyl (C=O) groups is 2. The van der Waals surface area contributed by atoms with Crippen LogP contribution in [0.1, 0.15) is 38.1 Å². The maximum absolute atomic E-state index is 11.8. The normalized spacial score (nSPS) is 9.95. The van der Waals surface area contributed by atoms with Gasteiger partial charge in [0.2, 0.25) is 5.91 Å². The van der Waals surface area contributed by atoms with Crippen molar-refractivity contribution in [3.8, 4) is 0 Å². The van der Waals surface area contributed by atoms with Crippen molar-refractivity contribution in [2.24, 2.45) is 0 Å². The summed E-state index contributed by atoms with van der Waals surface area (Å²) in [6.45, 7) is 7.51. The predicted octanol–water partition coefficient (Wildman–Crippen LogP) is 2.73. The highest BCUT2D eigenvalue weighted by atomic mass is 16.2. The molecule has 4 heteroatoms. The highest BCUT2D eigenvalue weighted by molar-refractivity contribution is 6.01. The molecule has 2 amide bonds. The second-order valence-electron chi connectivity index (χ2n) is 4.92. The molecule has 0 aliphatic heterocycles. The van der Waals surface area contributed by atoms with Crippen molar-refractivity contribution in [1.82, 2.24) is 5.32 Å². The van der Waals surface area contributed by atoms with E-state index in [2.05, 4.69) is 10.6 Å². The van der Waals surface area contributed by atoms with Crippen molar-refractivity contribution in [3.05, 3.63) is 41.5 Å². The van der Waals surface area contributed by atoms with Crippen molar-refractivity contribution >= 4 is 17.5 Å². The summed E-state index contributed by atoms with van der Waals surface area (Å²) in [6, 6.07) is 6.95. The Morgan fingerprint density at radius 3 is 2.47 bits per heavy atom. The maximum atomic E-state index is 11.8. The SMILES string of the molecule is CC(C)=CC(=O)Nc1cccc(C(=O)NC(C)C)c1. The zero-order chi connectivity index (χ0) is 14.4. The molecule has 2 N–H and O–H groups in total. The molecule has 19 heavy (non-hydrogen) atoms. The van der Waals surface area contributed by atoms with Gasteiger partial charge in [-0.2, -0.15) is 0 Å². The summed E-state index contributed by atoms with van der Waals surface area (Å²) in [6.07, 6.45) is 1.51. The minimum absolute atomic E-state index is 0.0800. The maximum Gasteiger partial charge on any atom is 0.251 e. The van der Waals surface area contributed by atoms with Crippen LogP contribution in [0.3, 0.4) is 0 Å². The van der Waals surface area contributed by atoms with Crippen LogP contribution in [0, 0.1) is 0 Å². The first-order chi connectivity index (χ1) is 8.88. The van der Waals surface area contributed by atoms with Gasteiger partial charge in [-0.05, 0) is 45.9 Å². The van der Waals surface area contributed by atoms with E-state index in [1.807, 2.05) is 27.7 Å². The third kappa shape index (κ3) is 5.38. The largest absolute Gasteiger partial charge is 0.350 e. The summed E-state index contributed by atoms with van der Waals surface area (Å²) in [5, 5.41) is 5.53. The summed E-state index contributed by atoms with van der Waals surface area (Å²) in [5.41, 5.74) is 2.06. The van der Waals surface area contributed by atoms with E-state index < -0.39 is 0 Å². The molecule has 102 valence electrons. The Bertz CT molecular complexity index is 501. The van der Waals surface area contributed by atoms with Gasteiger partial charge in [0.05, 0.1) is 0 Å². The molecule has 0 radical (unpaired) electrons. The quantitative estimate of drug-likeness (QED) is 0.818.